The Hall–Kier alpha value is -3.54. The lowest BCUT2D eigenvalue weighted by molar-refractivity contribution is 0.252. The summed E-state index contributed by atoms with van der Waals surface area (Å²) in [5, 5.41) is 7.73. The van der Waals surface area contributed by atoms with E-state index < -0.39 is 5.63 Å². The van der Waals surface area contributed by atoms with Gasteiger partial charge in [-0.2, -0.15) is 0 Å². The third-order valence-electron chi connectivity index (χ3n) is 5.29. The molecule has 0 spiro atoms. The second-order valence-electron chi connectivity index (χ2n) is 7.49. The van der Waals surface area contributed by atoms with Crippen molar-refractivity contribution in [3.63, 3.8) is 0 Å². The highest BCUT2D eigenvalue weighted by atomic mass is 16.4. The van der Waals surface area contributed by atoms with E-state index in [0.29, 0.717) is 17.8 Å². The number of aromatic amines is 1. The number of rotatable bonds is 3. The molecule has 0 unspecified atom stereocenters. The van der Waals surface area contributed by atoms with E-state index in [1.165, 1.54) is 17.0 Å². The number of H-pyrrole nitrogens is 1. The van der Waals surface area contributed by atoms with Crippen LogP contribution in [-0.4, -0.2) is 11.0 Å². The minimum absolute atomic E-state index is 0.325. The van der Waals surface area contributed by atoms with Crippen LogP contribution in [0.15, 0.2) is 45.6 Å². The maximum absolute atomic E-state index is 12.4. The largest absolute Gasteiger partial charge is 0.423 e. The van der Waals surface area contributed by atoms with Crippen molar-refractivity contribution in [2.24, 2.45) is 0 Å². The molecule has 148 valence electrons. The van der Waals surface area contributed by atoms with Crippen LogP contribution < -0.4 is 16.3 Å². The average molecular weight is 389 g/mol. The molecule has 0 aliphatic carbocycles. The summed E-state index contributed by atoms with van der Waals surface area (Å²) in [4.78, 5) is 27.4. The van der Waals surface area contributed by atoms with Gasteiger partial charge in [0.15, 0.2) is 0 Å². The first-order chi connectivity index (χ1) is 13.8. The van der Waals surface area contributed by atoms with Crippen LogP contribution in [0.5, 0.6) is 0 Å². The number of aryl methyl sites for hydroxylation is 4. The number of aromatic nitrogens is 1. The molecule has 2 amide bonds. The smallest absolute Gasteiger partial charge is 0.336 e. The van der Waals surface area contributed by atoms with Crippen LogP contribution in [0.1, 0.15) is 27.9 Å². The van der Waals surface area contributed by atoms with Crippen molar-refractivity contribution in [1.82, 2.24) is 10.3 Å². The molecule has 0 saturated carbocycles. The third kappa shape index (κ3) is 3.61. The van der Waals surface area contributed by atoms with Gasteiger partial charge in [-0.25, -0.2) is 9.59 Å². The number of carbonyl (C=O) groups excluding carboxylic acids is 1. The molecular weight excluding hydrogens is 366 g/mol. The highest BCUT2D eigenvalue weighted by Gasteiger charge is 2.11. The zero-order valence-electron chi connectivity index (χ0n) is 16.9. The van der Waals surface area contributed by atoms with Crippen LogP contribution in [0.3, 0.4) is 0 Å². The topological polar surface area (TPSA) is 87.1 Å². The predicted octanol–water partition coefficient (Wildman–Crippen LogP) is 4.83. The second kappa shape index (κ2) is 7.13. The molecule has 0 saturated heterocycles. The minimum Gasteiger partial charge on any atom is -0.423 e. The molecule has 6 heteroatoms. The van der Waals surface area contributed by atoms with Gasteiger partial charge >= 0.3 is 11.7 Å². The van der Waals surface area contributed by atoms with E-state index >= 15 is 0 Å². The number of hydrogen-bond donors (Lipinski definition) is 3. The van der Waals surface area contributed by atoms with Crippen molar-refractivity contribution in [3.8, 4) is 0 Å². The van der Waals surface area contributed by atoms with Crippen LogP contribution in [0.2, 0.25) is 0 Å². The van der Waals surface area contributed by atoms with E-state index in [4.69, 9.17) is 4.42 Å². The molecule has 0 aliphatic heterocycles. The normalized spacial score (nSPS) is 11.2. The van der Waals surface area contributed by atoms with E-state index in [2.05, 4.69) is 41.6 Å². The maximum Gasteiger partial charge on any atom is 0.336 e. The van der Waals surface area contributed by atoms with Gasteiger partial charge < -0.3 is 20.0 Å². The molecule has 0 aliphatic rings. The Morgan fingerprint density at radius 1 is 1.03 bits per heavy atom. The minimum atomic E-state index is -0.406. The van der Waals surface area contributed by atoms with Crippen LogP contribution in [0, 0.1) is 27.7 Å². The number of nitrogens with one attached hydrogen (secondary N) is 3. The Kier molecular flexibility index (Phi) is 4.62. The first kappa shape index (κ1) is 18.8. The summed E-state index contributed by atoms with van der Waals surface area (Å²) >= 11 is 0. The van der Waals surface area contributed by atoms with Crippen LogP contribution >= 0.6 is 0 Å². The van der Waals surface area contributed by atoms with Crippen molar-refractivity contribution in [3.05, 3.63) is 74.8 Å². The number of fused-ring (bicyclic) bond motifs is 2. The molecule has 0 bridgehead atoms. The lowest BCUT2D eigenvalue weighted by Gasteiger charge is -2.10. The lowest BCUT2D eigenvalue weighted by Crippen LogP contribution is -2.28. The van der Waals surface area contributed by atoms with Gasteiger partial charge in [0.1, 0.15) is 5.58 Å². The number of amides is 2. The molecule has 29 heavy (non-hydrogen) atoms. The molecule has 2 heterocycles. The van der Waals surface area contributed by atoms with Gasteiger partial charge in [0.2, 0.25) is 0 Å². The van der Waals surface area contributed by atoms with Crippen LogP contribution in [-0.2, 0) is 6.54 Å². The SMILES string of the molecule is Cc1cc(CNC(=O)Nc2ccc3c(C)cc(=O)oc3c2)c2[nH]c(C)c(C)c2c1. The van der Waals surface area contributed by atoms with Gasteiger partial charge in [0, 0.05) is 40.8 Å². The summed E-state index contributed by atoms with van der Waals surface area (Å²) in [5.41, 5.74) is 7.03. The van der Waals surface area contributed by atoms with E-state index in [0.717, 1.165) is 33.3 Å². The Morgan fingerprint density at radius 3 is 2.62 bits per heavy atom. The molecular formula is C23H23N3O3. The number of hydrogen-bond acceptors (Lipinski definition) is 3. The Bertz CT molecular complexity index is 1310. The number of benzene rings is 2. The predicted molar refractivity (Wildman–Crippen MR) is 116 cm³/mol. The lowest BCUT2D eigenvalue weighted by atomic mass is 10.0. The first-order valence-electron chi connectivity index (χ1n) is 9.49. The molecule has 2 aromatic carbocycles. The summed E-state index contributed by atoms with van der Waals surface area (Å²) in [6, 6.07) is 10.6. The third-order valence-corrected chi connectivity index (χ3v) is 5.29. The maximum atomic E-state index is 12.4. The summed E-state index contributed by atoms with van der Waals surface area (Å²) in [6.45, 7) is 8.44. The zero-order valence-corrected chi connectivity index (χ0v) is 16.9. The van der Waals surface area contributed by atoms with E-state index in [1.54, 1.807) is 12.1 Å². The molecule has 2 aromatic heterocycles. The monoisotopic (exact) mass is 389 g/mol. The van der Waals surface area contributed by atoms with Gasteiger partial charge in [-0.05, 0) is 62.6 Å². The summed E-state index contributed by atoms with van der Waals surface area (Å²) < 4.78 is 5.24. The summed E-state index contributed by atoms with van der Waals surface area (Å²) in [5.74, 6) is 0. The van der Waals surface area contributed by atoms with Crippen molar-refractivity contribution in [1.29, 1.82) is 0 Å². The number of carbonyl (C=O) groups is 1. The first-order valence-corrected chi connectivity index (χ1v) is 9.49. The van der Waals surface area contributed by atoms with Crippen LogP contribution in [0.4, 0.5) is 10.5 Å². The standard InChI is InChI=1S/C23H23N3O3/c1-12-7-16(22-19(8-12)14(3)15(4)25-22)11-24-23(28)26-17-5-6-18-13(2)9-21(27)29-20(18)10-17/h5-10,25H,11H2,1-4H3,(H2,24,26,28). The quantitative estimate of drug-likeness (QED) is 0.439. The fourth-order valence-corrected chi connectivity index (χ4v) is 3.68. The summed E-state index contributed by atoms with van der Waals surface area (Å²) in [7, 11) is 0. The van der Waals surface area contributed by atoms with Crippen LogP contribution in [0.25, 0.3) is 21.9 Å². The molecule has 6 nitrogen and oxygen atoms in total. The fourth-order valence-electron chi connectivity index (χ4n) is 3.68. The Labute approximate surface area is 167 Å². The summed E-state index contributed by atoms with van der Waals surface area (Å²) in [6.07, 6.45) is 0. The molecule has 0 radical (unpaired) electrons. The highest BCUT2D eigenvalue weighted by molar-refractivity contribution is 5.93. The van der Waals surface area contributed by atoms with Crippen molar-refractivity contribution in [2.75, 3.05) is 5.32 Å². The molecule has 0 fully saturated rings. The van der Waals surface area contributed by atoms with E-state index in [1.807, 2.05) is 19.9 Å². The van der Waals surface area contributed by atoms with Crippen molar-refractivity contribution < 1.29 is 9.21 Å². The molecule has 4 aromatic rings. The molecule has 0 atom stereocenters. The second-order valence-corrected chi connectivity index (χ2v) is 7.49. The average Bonchev–Trinajstić information content (AvgIpc) is 2.94. The van der Waals surface area contributed by atoms with Gasteiger partial charge in [0.05, 0.1) is 5.52 Å². The van der Waals surface area contributed by atoms with Crippen molar-refractivity contribution >= 4 is 33.6 Å². The van der Waals surface area contributed by atoms with Gasteiger partial charge in [-0.3, -0.25) is 0 Å². The Balaban J connectivity index is 1.52. The molecule has 3 N–H and O–H groups in total. The van der Waals surface area contributed by atoms with Gasteiger partial charge in [0.25, 0.3) is 0 Å². The molecule has 4 rings (SSSR count). The number of urea groups is 1. The van der Waals surface area contributed by atoms with E-state index in [-0.39, 0.29) is 6.03 Å². The highest BCUT2D eigenvalue weighted by Crippen LogP contribution is 2.26. The van der Waals surface area contributed by atoms with Crippen molar-refractivity contribution in [2.45, 2.75) is 34.2 Å². The number of anilines is 1. The zero-order chi connectivity index (χ0) is 20.7. The Morgan fingerprint density at radius 2 is 1.83 bits per heavy atom. The van der Waals surface area contributed by atoms with E-state index in [9.17, 15) is 9.59 Å². The fraction of sp³-hybridized carbons (Fsp3) is 0.217. The van der Waals surface area contributed by atoms with Gasteiger partial charge in [-0.15, -0.1) is 0 Å². The van der Waals surface area contributed by atoms with Gasteiger partial charge in [-0.1, -0.05) is 11.6 Å².